The van der Waals surface area contributed by atoms with E-state index in [0.717, 1.165) is 18.8 Å². The van der Waals surface area contributed by atoms with Crippen LogP contribution in [0.1, 0.15) is 92.4 Å². The molecule has 2 aliphatic carbocycles. The lowest BCUT2D eigenvalue weighted by Gasteiger charge is -2.58. The first-order chi connectivity index (χ1) is 11.2. The van der Waals surface area contributed by atoms with E-state index in [0.29, 0.717) is 29.0 Å². The SMILES string of the molecule is C=C1CC[C@@H]2C(C)(C)CCC[C@@]2(C)[C@H]1CC/C(C)=C/CCC(C)=O. The van der Waals surface area contributed by atoms with Gasteiger partial charge in [-0.05, 0) is 81.5 Å². The van der Waals surface area contributed by atoms with E-state index in [9.17, 15) is 4.79 Å². The zero-order chi connectivity index (χ0) is 18.0. The maximum Gasteiger partial charge on any atom is 0.130 e. The van der Waals surface area contributed by atoms with Crippen LogP contribution in [0, 0.1) is 22.7 Å². The average Bonchev–Trinajstić information content (AvgIpc) is 2.45. The Bertz CT molecular complexity index is 510. The van der Waals surface area contributed by atoms with Gasteiger partial charge in [0.05, 0.1) is 0 Å². The lowest BCUT2D eigenvalue weighted by molar-refractivity contribution is -0.116. The van der Waals surface area contributed by atoms with Gasteiger partial charge >= 0.3 is 0 Å². The van der Waals surface area contributed by atoms with Crippen molar-refractivity contribution in [3.05, 3.63) is 23.8 Å². The summed E-state index contributed by atoms with van der Waals surface area (Å²) in [4.78, 5) is 11.1. The number of allylic oxidation sites excluding steroid dienone is 3. The molecule has 24 heavy (non-hydrogen) atoms. The molecule has 0 unspecified atom stereocenters. The molecule has 0 bridgehead atoms. The third-order valence-electron chi connectivity index (χ3n) is 7.14. The highest BCUT2D eigenvalue weighted by molar-refractivity contribution is 5.75. The van der Waals surface area contributed by atoms with E-state index >= 15 is 0 Å². The molecule has 0 aromatic rings. The quantitative estimate of drug-likeness (QED) is 0.485. The molecule has 1 nitrogen and oxygen atoms in total. The molecule has 0 aromatic carbocycles. The van der Waals surface area contributed by atoms with Gasteiger partial charge in [-0.2, -0.15) is 0 Å². The van der Waals surface area contributed by atoms with Gasteiger partial charge in [0.2, 0.25) is 0 Å². The molecule has 2 rings (SSSR count). The fraction of sp³-hybridized carbons (Fsp3) is 0.783. The number of rotatable bonds is 6. The minimum atomic E-state index is 0.291. The number of hydrogen-bond acceptors (Lipinski definition) is 1. The van der Waals surface area contributed by atoms with Crippen molar-refractivity contribution in [3.8, 4) is 0 Å². The normalized spacial score (nSPS) is 33.2. The highest BCUT2D eigenvalue weighted by Crippen LogP contribution is 2.61. The Morgan fingerprint density at radius 3 is 2.58 bits per heavy atom. The summed E-state index contributed by atoms with van der Waals surface area (Å²) in [6.07, 6.45) is 13.0. The molecule has 2 aliphatic rings. The van der Waals surface area contributed by atoms with Crippen molar-refractivity contribution < 1.29 is 4.79 Å². The molecule has 0 spiro atoms. The van der Waals surface area contributed by atoms with Gasteiger partial charge in [0.25, 0.3) is 0 Å². The van der Waals surface area contributed by atoms with Crippen LogP contribution in [-0.4, -0.2) is 5.78 Å². The second-order valence-corrected chi connectivity index (χ2v) is 9.48. The fourth-order valence-electron chi connectivity index (χ4n) is 5.80. The summed E-state index contributed by atoms with van der Waals surface area (Å²) in [7, 11) is 0. The Kier molecular flexibility index (Phi) is 6.15. The van der Waals surface area contributed by atoms with E-state index in [1.54, 1.807) is 6.92 Å². The van der Waals surface area contributed by atoms with Crippen LogP contribution < -0.4 is 0 Å². The van der Waals surface area contributed by atoms with E-state index in [1.807, 2.05) is 0 Å². The van der Waals surface area contributed by atoms with Gasteiger partial charge in [0, 0.05) is 6.42 Å². The van der Waals surface area contributed by atoms with Gasteiger partial charge in [-0.3, -0.25) is 0 Å². The van der Waals surface area contributed by atoms with Gasteiger partial charge < -0.3 is 4.79 Å². The lowest BCUT2D eigenvalue weighted by atomic mass is 9.47. The molecule has 0 heterocycles. The van der Waals surface area contributed by atoms with Crippen LogP contribution in [0.25, 0.3) is 0 Å². The van der Waals surface area contributed by atoms with Crippen molar-refractivity contribution in [1.29, 1.82) is 0 Å². The molecule has 0 N–H and O–H groups in total. The highest BCUT2D eigenvalue weighted by Gasteiger charge is 2.52. The van der Waals surface area contributed by atoms with Crippen LogP contribution in [0.4, 0.5) is 0 Å². The number of hydrogen-bond donors (Lipinski definition) is 0. The summed E-state index contributed by atoms with van der Waals surface area (Å²) in [5.74, 6) is 1.81. The van der Waals surface area contributed by atoms with Crippen molar-refractivity contribution in [1.82, 2.24) is 0 Å². The Morgan fingerprint density at radius 2 is 1.92 bits per heavy atom. The molecule has 3 atom stereocenters. The number of fused-ring (bicyclic) bond motifs is 1. The molecular formula is C23H38O. The van der Waals surface area contributed by atoms with Crippen LogP contribution in [0.5, 0.6) is 0 Å². The number of carbonyl (C=O) groups excluding carboxylic acids is 1. The lowest BCUT2D eigenvalue weighted by Crippen LogP contribution is -2.49. The third kappa shape index (κ3) is 4.21. The highest BCUT2D eigenvalue weighted by atomic mass is 16.1. The smallest absolute Gasteiger partial charge is 0.130 e. The standard InChI is InChI=1S/C23H38O/c1-17(9-7-10-19(3)24)11-13-20-18(2)12-14-21-22(4,5)15-8-16-23(20,21)6/h9,20-21H,2,7-8,10-16H2,1,3-6H3/b17-9+/t20-,21+,23-/m0/s1. The molecule has 1 heteroatoms. The zero-order valence-electron chi connectivity index (χ0n) is 16.7. The zero-order valence-corrected chi connectivity index (χ0v) is 16.7. The second-order valence-electron chi connectivity index (χ2n) is 9.48. The predicted octanol–water partition coefficient (Wildman–Crippen LogP) is 6.88. The van der Waals surface area contributed by atoms with Crippen LogP contribution in [0.2, 0.25) is 0 Å². The summed E-state index contributed by atoms with van der Waals surface area (Å²) in [6, 6.07) is 0. The third-order valence-corrected chi connectivity index (χ3v) is 7.14. The minimum absolute atomic E-state index is 0.291. The van der Waals surface area contributed by atoms with E-state index in [-0.39, 0.29) is 0 Å². The molecule has 0 aliphatic heterocycles. The molecule has 2 saturated carbocycles. The topological polar surface area (TPSA) is 17.1 Å². The van der Waals surface area contributed by atoms with Crippen LogP contribution in [0.15, 0.2) is 23.8 Å². The second kappa shape index (κ2) is 7.58. The Labute approximate surface area is 150 Å². The van der Waals surface area contributed by atoms with E-state index in [4.69, 9.17) is 0 Å². The molecule has 0 radical (unpaired) electrons. The number of carbonyl (C=O) groups is 1. The Hall–Kier alpha value is -0.850. The van der Waals surface area contributed by atoms with Crippen molar-refractivity contribution >= 4 is 5.78 Å². The molecule has 0 aromatic heterocycles. The average molecular weight is 331 g/mol. The first-order valence-electron chi connectivity index (χ1n) is 9.99. The van der Waals surface area contributed by atoms with Gasteiger partial charge in [0.15, 0.2) is 0 Å². The van der Waals surface area contributed by atoms with Crippen molar-refractivity contribution in [2.45, 2.75) is 92.4 Å². The van der Waals surface area contributed by atoms with E-state index in [1.165, 1.54) is 49.7 Å². The summed E-state index contributed by atoms with van der Waals surface area (Å²) in [5.41, 5.74) is 3.88. The van der Waals surface area contributed by atoms with E-state index in [2.05, 4.69) is 40.3 Å². The minimum Gasteiger partial charge on any atom is -0.300 e. The van der Waals surface area contributed by atoms with Crippen LogP contribution >= 0.6 is 0 Å². The molecule has 0 saturated heterocycles. The number of ketones is 1. The largest absolute Gasteiger partial charge is 0.300 e. The van der Waals surface area contributed by atoms with Crippen LogP contribution in [0.3, 0.4) is 0 Å². The maximum atomic E-state index is 11.1. The van der Waals surface area contributed by atoms with E-state index < -0.39 is 0 Å². The predicted molar refractivity (Wildman–Crippen MR) is 104 cm³/mol. The summed E-state index contributed by atoms with van der Waals surface area (Å²) < 4.78 is 0. The molecular weight excluding hydrogens is 292 g/mol. The number of Topliss-reactive ketones (excluding diaryl/α,β-unsaturated/α-hetero) is 1. The monoisotopic (exact) mass is 330 g/mol. The van der Waals surface area contributed by atoms with Crippen LogP contribution in [-0.2, 0) is 4.79 Å². The van der Waals surface area contributed by atoms with Gasteiger partial charge in [0.1, 0.15) is 5.78 Å². The first-order valence-corrected chi connectivity index (χ1v) is 9.99. The summed E-state index contributed by atoms with van der Waals surface area (Å²) >= 11 is 0. The van der Waals surface area contributed by atoms with Gasteiger partial charge in [-0.15, -0.1) is 0 Å². The van der Waals surface area contributed by atoms with Crippen molar-refractivity contribution in [2.24, 2.45) is 22.7 Å². The fourth-order valence-corrected chi connectivity index (χ4v) is 5.80. The van der Waals surface area contributed by atoms with Gasteiger partial charge in [-0.1, -0.05) is 51.0 Å². The summed E-state index contributed by atoms with van der Waals surface area (Å²) in [6.45, 7) is 15.9. The maximum absolute atomic E-state index is 11.1. The van der Waals surface area contributed by atoms with Gasteiger partial charge in [-0.25, -0.2) is 0 Å². The molecule has 0 amide bonds. The Balaban J connectivity index is 2.04. The Morgan fingerprint density at radius 1 is 1.21 bits per heavy atom. The van der Waals surface area contributed by atoms with Crippen molar-refractivity contribution in [3.63, 3.8) is 0 Å². The van der Waals surface area contributed by atoms with Crippen molar-refractivity contribution in [2.75, 3.05) is 0 Å². The summed E-state index contributed by atoms with van der Waals surface area (Å²) in [5, 5.41) is 0. The first kappa shape index (κ1) is 19.5. The molecule has 2 fully saturated rings. The molecule has 136 valence electrons.